The summed E-state index contributed by atoms with van der Waals surface area (Å²) in [6, 6.07) is 12.8. The summed E-state index contributed by atoms with van der Waals surface area (Å²) in [7, 11) is 3.48. The Hall–Kier alpha value is -2.89. The first-order chi connectivity index (χ1) is 19.3. The molecule has 1 N–H and O–H groups in total. The van der Waals surface area contributed by atoms with Gasteiger partial charge in [0.2, 0.25) is 0 Å². The number of benzene rings is 2. The molecule has 2 unspecified atom stereocenters. The van der Waals surface area contributed by atoms with Gasteiger partial charge in [-0.2, -0.15) is 0 Å². The maximum atomic E-state index is 12.3. The lowest BCUT2D eigenvalue weighted by molar-refractivity contribution is -0.984. The van der Waals surface area contributed by atoms with Gasteiger partial charge in [-0.1, -0.05) is 47.6 Å². The van der Waals surface area contributed by atoms with Gasteiger partial charge in [0.1, 0.15) is 30.2 Å². The SMILES string of the molecule is C=C[C@H]1C[N+]2(Cc3cc(C(C)(C)C)c(OC)c(C(C)(C)C)c3)CCC1C[C@@H]2[C@@H](O)c1ccnc2ccc(OC)cc12. The second-order valence-corrected chi connectivity index (χ2v) is 14.5. The van der Waals surface area contributed by atoms with Crippen LogP contribution in [0.25, 0.3) is 10.9 Å². The van der Waals surface area contributed by atoms with E-state index in [-0.39, 0.29) is 16.9 Å². The van der Waals surface area contributed by atoms with E-state index in [2.05, 4.69) is 71.3 Å². The highest BCUT2D eigenvalue weighted by Crippen LogP contribution is 2.49. The molecule has 41 heavy (non-hydrogen) atoms. The summed E-state index contributed by atoms with van der Waals surface area (Å²) in [6.45, 7) is 20.8. The van der Waals surface area contributed by atoms with Gasteiger partial charge in [-0.05, 0) is 58.7 Å². The molecule has 0 amide bonds. The van der Waals surface area contributed by atoms with Gasteiger partial charge in [0.05, 0.1) is 32.8 Å². The first-order valence-corrected chi connectivity index (χ1v) is 15.1. The monoisotopic (exact) mass is 557 g/mol. The molecule has 0 radical (unpaired) electrons. The summed E-state index contributed by atoms with van der Waals surface area (Å²) < 4.78 is 12.5. The van der Waals surface area contributed by atoms with Crippen molar-refractivity contribution in [2.45, 2.75) is 83.9 Å². The number of hydrogen-bond donors (Lipinski definition) is 1. The number of fused-ring (bicyclic) bond motifs is 4. The molecule has 3 aliphatic heterocycles. The number of hydrogen-bond acceptors (Lipinski definition) is 4. The van der Waals surface area contributed by atoms with Crippen molar-refractivity contribution in [3.05, 3.63) is 77.5 Å². The lowest BCUT2D eigenvalue weighted by Crippen LogP contribution is -2.67. The van der Waals surface area contributed by atoms with E-state index in [1.54, 1.807) is 14.2 Å². The van der Waals surface area contributed by atoms with Crippen molar-refractivity contribution in [3.63, 3.8) is 0 Å². The standard InChI is InChI=1S/C36H49N2O3/c1-10-24-22-38(21-23-17-29(35(2,3)4)34(41-9)30(18-23)36(5,6)7)16-14-25(24)19-32(38)33(39)27-13-15-37-31-12-11-26(40-8)20-28(27)31/h10-13,15,17-18,20,24-25,32-33,39H,1,14,16,19,21-22H2,2-9H3/q+1/t24-,25?,32+,33-,38?/m0/s1. The van der Waals surface area contributed by atoms with E-state index in [0.717, 1.165) is 58.5 Å². The van der Waals surface area contributed by atoms with Gasteiger partial charge in [0.15, 0.2) is 0 Å². The van der Waals surface area contributed by atoms with Gasteiger partial charge >= 0.3 is 0 Å². The zero-order valence-corrected chi connectivity index (χ0v) is 26.3. The van der Waals surface area contributed by atoms with Crippen LogP contribution in [0.15, 0.2) is 55.3 Å². The van der Waals surface area contributed by atoms with Crippen molar-refractivity contribution >= 4 is 10.9 Å². The van der Waals surface area contributed by atoms with Crippen LogP contribution in [0, 0.1) is 11.8 Å². The van der Waals surface area contributed by atoms with Gasteiger partial charge in [-0.15, -0.1) is 6.58 Å². The number of methoxy groups -OCH3 is 2. The summed E-state index contributed by atoms with van der Waals surface area (Å²) in [5.41, 5.74) is 5.52. The molecule has 2 bridgehead atoms. The summed E-state index contributed by atoms with van der Waals surface area (Å²) in [5, 5.41) is 13.2. The summed E-state index contributed by atoms with van der Waals surface area (Å²) >= 11 is 0. The first-order valence-electron chi connectivity index (χ1n) is 15.1. The fourth-order valence-corrected chi connectivity index (χ4v) is 7.60. The summed E-state index contributed by atoms with van der Waals surface area (Å²) in [6.07, 6.45) is 5.54. The fourth-order valence-electron chi connectivity index (χ4n) is 7.60. The predicted octanol–water partition coefficient (Wildman–Crippen LogP) is 7.49. The molecule has 3 fully saturated rings. The Kier molecular flexibility index (Phi) is 7.76. The molecule has 220 valence electrons. The van der Waals surface area contributed by atoms with Crippen LogP contribution in [0.5, 0.6) is 11.5 Å². The average Bonchev–Trinajstić information content (AvgIpc) is 2.94. The normalized spacial score (nSPS) is 25.2. The number of piperidine rings is 3. The summed E-state index contributed by atoms with van der Waals surface area (Å²) in [5.74, 6) is 2.80. The molecule has 5 heteroatoms. The van der Waals surface area contributed by atoms with E-state index in [1.165, 1.54) is 23.1 Å². The Morgan fingerprint density at radius 1 is 1.02 bits per heavy atom. The molecule has 2 aromatic carbocycles. The fraction of sp³-hybridized carbons (Fsp3) is 0.528. The zero-order chi connectivity index (χ0) is 29.7. The van der Waals surface area contributed by atoms with Crippen molar-refractivity contribution in [2.24, 2.45) is 11.8 Å². The number of aliphatic hydroxyl groups is 1. The Balaban J connectivity index is 1.63. The van der Waals surface area contributed by atoms with Crippen molar-refractivity contribution in [1.29, 1.82) is 0 Å². The smallest absolute Gasteiger partial charge is 0.131 e. The quantitative estimate of drug-likeness (QED) is 0.242. The molecular weight excluding hydrogens is 508 g/mol. The lowest BCUT2D eigenvalue weighted by Gasteiger charge is -2.58. The first kappa shape index (κ1) is 29.6. The number of rotatable bonds is 7. The zero-order valence-electron chi connectivity index (χ0n) is 26.3. The predicted molar refractivity (Wildman–Crippen MR) is 168 cm³/mol. The van der Waals surface area contributed by atoms with Gasteiger partial charge in [0, 0.05) is 47.0 Å². The van der Waals surface area contributed by atoms with Gasteiger partial charge in [-0.25, -0.2) is 0 Å². The summed E-state index contributed by atoms with van der Waals surface area (Å²) in [4.78, 5) is 4.59. The third-order valence-electron chi connectivity index (χ3n) is 9.81. The highest BCUT2D eigenvalue weighted by Gasteiger charge is 2.54. The van der Waals surface area contributed by atoms with Gasteiger partial charge < -0.3 is 19.1 Å². The molecule has 5 atom stereocenters. The molecule has 1 aromatic heterocycles. The third-order valence-corrected chi connectivity index (χ3v) is 9.81. The molecule has 0 saturated carbocycles. The highest BCUT2D eigenvalue weighted by molar-refractivity contribution is 5.84. The van der Waals surface area contributed by atoms with Crippen molar-refractivity contribution < 1.29 is 19.1 Å². The maximum Gasteiger partial charge on any atom is 0.131 e. The second-order valence-electron chi connectivity index (χ2n) is 14.5. The molecule has 3 saturated heterocycles. The van der Waals surface area contributed by atoms with Crippen molar-refractivity contribution in [1.82, 2.24) is 4.98 Å². The Morgan fingerprint density at radius 2 is 1.71 bits per heavy atom. The third kappa shape index (κ3) is 5.39. The lowest BCUT2D eigenvalue weighted by atomic mass is 9.70. The van der Waals surface area contributed by atoms with Gasteiger partial charge in [0.25, 0.3) is 0 Å². The van der Waals surface area contributed by atoms with Gasteiger partial charge in [-0.3, -0.25) is 4.98 Å². The number of quaternary nitrogens is 1. The number of pyridine rings is 1. The topological polar surface area (TPSA) is 51.6 Å². The van der Waals surface area contributed by atoms with Crippen LogP contribution in [0.4, 0.5) is 0 Å². The Morgan fingerprint density at radius 3 is 2.29 bits per heavy atom. The average molecular weight is 558 g/mol. The molecule has 4 heterocycles. The Bertz CT molecular complexity index is 1400. The van der Waals surface area contributed by atoms with Crippen LogP contribution in [-0.2, 0) is 17.4 Å². The highest BCUT2D eigenvalue weighted by atomic mass is 16.5. The van der Waals surface area contributed by atoms with Crippen molar-refractivity contribution in [2.75, 3.05) is 27.3 Å². The Labute approximate surface area is 246 Å². The van der Waals surface area contributed by atoms with E-state index in [4.69, 9.17) is 9.47 Å². The minimum absolute atomic E-state index is 0.0617. The molecular formula is C36H49N2O3+. The van der Waals surface area contributed by atoms with E-state index in [1.807, 2.05) is 30.5 Å². The van der Waals surface area contributed by atoms with Crippen LogP contribution < -0.4 is 9.47 Å². The maximum absolute atomic E-state index is 12.3. The minimum atomic E-state index is -0.608. The number of aliphatic hydroxyl groups excluding tert-OH is 1. The van der Waals surface area contributed by atoms with Crippen LogP contribution in [0.2, 0.25) is 0 Å². The van der Waals surface area contributed by atoms with E-state index in [9.17, 15) is 5.11 Å². The number of nitrogens with zero attached hydrogens (tertiary/aromatic N) is 2. The van der Waals surface area contributed by atoms with E-state index in [0.29, 0.717) is 11.8 Å². The van der Waals surface area contributed by atoms with Crippen molar-refractivity contribution in [3.8, 4) is 11.5 Å². The van der Waals surface area contributed by atoms with Crippen LogP contribution >= 0.6 is 0 Å². The molecule has 0 aliphatic carbocycles. The minimum Gasteiger partial charge on any atom is -0.497 e. The molecule has 6 rings (SSSR count). The molecule has 5 nitrogen and oxygen atoms in total. The largest absolute Gasteiger partial charge is 0.497 e. The van der Waals surface area contributed by atoms with Crippen LogP contribution in [0.1, 0.15) is 82.7 Å². The molecule has 0 spiro atoms. The van der Waals surface area contributed by atoms with E-state index < -0.39 is 6.10 Å². The van der Waals surface area contributed by atoms with Crippen LogP contribution in [0.3, 0.4) is 0 Å². The van der Waals surface area contributed by atoms with E-state index >= 15 is 0 Å². The number of aromatic nitrogens is 1. The molecule has 3 aliphatic rings. The number of ether oxygens (including phenoxy) is 2. The molecule has 3 aromatic rings. The second kappa shape index (κ2) is 10.7. The van der Waals surface area contributed by atoms with Crippen LogP contribution in [-0.4, -0.2) is 47.9 Å².